The first kappa shape index (κ1) is 13.4. The molecular formula is C14H15ClN4. The maximum Gasteiger partial charge on any atom is 0.143 e. The van der Waals surface area contributed by atoms with Crippen molar-refractivity contribution in [2.24, 2.45) is 7.05 Å². The highest BCUT2D eigenvalue weighted by atomic mass is 35.5. The summed E-state index contributed by atoms with van der Waals surface area (Å²) in [5.74, 6) is 0. The van der Waals surface area contributed by atoms with Crippen LogP contribution >= 0.6 is 11.6 Å². The summed E-state index contributed by atoms with van der Waals surface area (Å²) in [6.45, 7) is 2.03. The number of halogens is 1. The fraction of sp³-hybridized carbons (Fsp3) is 0.286. The summed E-state index contributed by atoms with van der Waals surface area (Å²) in [6.07, 6.45) is 2.68. The van der Waals surface area contributed by atoms with Gasteiger partial charge in [0.2, 0.25) is 0 Å². The lowest BCUT2D eigenvalue weighted by molar-refractivity contribution is 0.746. The summed E-state index contributed by atoms with van der Waals surface area (Å²) >= 11 is 5.94. The fourth-order valence-corrected chi connectivity index (χ4v) is 2.18. The van der Waals surface area contributed by atoms with Crippen LogP contribution in [0.3, 0.4) is 0 Å². The van der Waals surface area contributed by atoms with E-state index in [0.29, 0.717) is 5.02 Å². The third-order valence-electron chi connectivity index (χ3n) is 2.85. The van der Waals surface area contributed by atoms with Crippen molar-refractivity contribution in [2.45, 2.75) is 19.4 Å². The molecule has 0 aliphatic rings. The summed E-state index contributed by atoms with van der Waals surface area (Å²) in [5.41, 5.74) is 2.67. The molecule has 0 spiro atoms. The van der Waals surface area contributed by atoms with Crippen LogP contribution in [0.4, 0.5) is 5.69 Å². The Morgan fingerprint density at radius 1 is 1.53 bits per heavy atom. The van der Waals surface area contributed by atoms with E-state index in [2.05, 4.69) is 16.5 Å². The van der Waals surface area contributed by atoms with E-state index in [-0.39, 0.29) is 0 Å². The van der Waals surface area contributed by atoms with Gasteiger partial charge < -0.3 is 5.32 Å². The van der Waals surface area contributed by atoms with Gasteiger partial charge in [-0.15, -0.1) is 0 Å². The Morgan fingerprint density at radius 2 is 2.32 bits per heavy atom. The molecule has 0 radical (unpaired) electrons. The molecule has 0 aliphatic carbocycles. The predicted molar refractivity (Wildman–Crippen MR) is 76.0 cm³/mol. The molecule has 0 saturated carbocycles. The molecule has 1 aromatic heterocycles. The van der Waals surface area contributed by atoms with Gasteiger partial charge in [-0.25, -0.2) is 0 Å². The second-order valence-electron chi connectivity index (χ2n) is 4.28. The maximum atomic E-state index is 9.36. The molecule has 0 aliphatic heterocycles. The highest BCUT2D eigenvalue weighted by Gasteiger charge is 2.17. The van der Waals surface area contributed by atoms with Crippen molar-refractivity contribution in [1.82, 2.24) is 9.78 Å². The van der Waals surface area contributed by atoms with Gasteiger partial charge in [-0.2, -0.15) is 10.4 Å². The third kappa shape index (κ3) is 3.07. The molecule has 5 heteroatoms. The van der Waals surface area contributed by atoms with E-state index in [4.69, 9.17) is 11.6 Å². The number of nitrogens with zero attached hydrogens (tertiary/aromatic N) is 3. The van der Waals surface area contributed by atoms with Crippen molar-refractivity contribution in [3.05, 3.63) is 46.7 Å². The first-order valence-electron chi connectivity index (χ1n) is 6.08. The van der Waals surface area contributed by atoms with E-state index < -0.39 is 6.04 Å². The van der Waals surface area contributed by atoms with Gasteiger partial charge in [0, 0.05) is 29.5 Å². The summed E-state index contributed by atoms with van der Waals surface area (Å²) in [6, 6.07) is 9.18. The van der Waals surface area contributed by atoms with E-state index in [1.165, 1.54) is 0 Å². The molecule has 0 amide bonds. The SMILES string of the molecule is CCc1nn(C)cc1C(C#N)Nc1cccc(Cl)c1. The summed E-state index contributed by atoms with van der Waals surface area (Å²) < 4.78 is 1.73. The normalized spacial score (nSPS) is 11.9. The van der Waals surface area contributed by atoms with Crippen LogP contribution in [0, 0.1) is 11.3 Å². The summed E-state index contributed by atoms with van der Waals surface area (Å²) in [7, 11) is 1.86. The Hall–Kier alpha value is -1.99. The number of aromatic nitrogens is 2. The molecule has 0 bridgehead atoms. The molecule has 0 saturated heterocycles. The Balaban J connectivity index is 2.28. The zero-order chi connectivity index (χ0) is 13.8. The highest BCUT2D eigenvalue weighted by molar-refractivity contribution is 6.30. The first-order chi connectivity index (χ1) is 9.13. The standard InChI is InChI=1S/C14H15ClN4/c1-3-13-12(9-19(2)18-13)14(8-16)17-11-6-4-5-10(15)7-11/h4-7,9,14,17H,3H2,1-2H3. The molecule has 0 fully saturated rings. The molecule has 1 N–H and O–H groups in total. The molecular weight excluding hydrogens is 260 g/mol. The minimum Gasteiger partial charge on any atom is -0.366 e. The lowest BCUT2D eigenvalue weighted by Gasteiger charge is -2.12. The molecule has 98 valence electrons. The molecule has 2 rings (SSSR count). The predicted octanol–water partition coefficient (Wildman–Crippen LogP) is 3.31. The Kier molecular flexibility index (Phi) is 4.08. The van der Waals surface area contributed by atoms with Crippen LogP contribution in [0.15, 0.2) is 30.5 Å². The minimum absolute atomic E-state index is 0.429. The van der Waals surface area contributed by atoms with E-state index in [0.717, 1.165) is 23.4 Å². The molecule has 1 aromatic carbocycles. The van der Waals surface area contributed by atoms with Gasteiger partial charge in [0.25, 0.3) is 0 Å². The second kappa shape index (κ2) is 5.77. The number of anilines is 1. The zero-order valence-corrected chi connectivity index (χ0v) is 11.6. The van der Waals surface area contributed by atoms with Gasteiger partial charge in [0.15, 0.2) is 0 Å². The molecule has 19 heavy (non-hydrogen) atoms. The van der Waals surface area contributed by atoms with E-state index in [1.807, 2.05) is 32.3 Å². The highest BCUT2D eigenvalue weighted by Crippen LogP contribution is 2.23. The Labute approximate surface area is 117 Å². The quantitative estimate of drug-likeness (QED) is 0.931. The van der Waals surface area contributed by atoms with Gasteiger partial charge in [0.1, 0.15) is 6.04 Å². The van der Waals surface area contributed by atoms with Crippen LogP contribution in [0.1, 0.15) is 24.2 Å². The summed E-state index contributed by atoms with van der Waals surface area (Å²) in [5, 5.41) is 17.5. The maximum absolute atomic E-state index is 9.36. The van der Waals surface area contributed by atoms with Gasteiger partial charge in [-0.1, -0.05) is 24.6 Å². The average molecular weight is 275 g/mol. The molecule has 4 nitrogen and oxygen atoms in total. The lowest BCUT2D eigenvalue weighted by Crippen LogP contribution is -2.09. The van der Waals surface area contributed by atoms with Crippen LogP contribution in [-0.4, -0.2) is 9.78 Å². The third-order valence-corrected chi connectivity index (χ3v) is 3.08. The number of hydrogen-bond donors (Lipinski definition) is 1. The van der Waals surface area contributed by atoms with Gasteiger partial charge in [0.05, 0.1) is 11.8 Å². The van der Waals surface area contributed by atoms with Crippen LogP contribution in [0.25, 0.3) is 0 Å². The minimum atomic E-state index is -0.429. The summed E-state index contributed by atoms with van der Waals surface area (Å²) in [4.78, 5) is 0. The van der Waals surface area contributed by atoms with Crippen LogP contribution in [0.5, 0.6) is 0 Å². The number of benzene rings is 1. The van der Waals surface area contributed by atoms with Crippen LogP contribution in [0.2, 0.25) is 5.02 Å². The van der Waals surface area contributed by atoms with E-state index >= 15 is 0 Å². The Bertz CT molecular complexity index is 612. The lowest BCUT2D eigenvalue weighted by atomic mass is 10.1. The molecule has 1 heterocycles. The Morgan fingerprint density at radius 3 is 2.95 bits per heavy atom. The number of nitrogens with one attached hydrogen (secondary N) is 1. The fourth-order valence-electron chi connectivity index (χ4n) is 1.99. The van der Waals surface area contributed by atoms with Gasteiger partial charge in [-0.05, 0) is 24.6 Å². The van der Waals surface area contributed by atoms with Crippen molar-refractivity contribution in [2.75, 3.05) is 5.32 Å². The van der Waals surface area contributed by atoms with Crippen molar-refractivity contribution in [3.8, 4) is 6.07 Å². The van der Waals surface area contributed by atoms with E-state index in [1.54, 1.807) is 16.8 Å². The molecule has 1 unspecified atom stereocenters. The van der Waals surface area contributed by atoms with Gasteiger partial charge >= 0.3 is 0 Å². The first-order valence-corrected chi connectivity index (χ1v) is 6.46. The number of hydrogen-bond acceptors (Lipinski definition) is 3. The molecule has 1 atom stereocenters. The van der Waals surface area contributed by atoms with Gasteiger partial charge in [-0.3, -0.25) is 4.68 Å². The second-order valence-corrected chi connectivity index (χ2v) is 4.71. The van der Waals surface area contributed by atoms with Crippen LogP contribution < -0.4 is 5.32 Å². The topological polar surface area (TPSA) is 53.6 Å². The monoisotopic (exact) mass is 274 g/mol. The van der Waals surface area contributed by atoms with E-state index in [9.17, 15) is 5.26 Å². The smallest absolute Gasteiger partial charge is 0.143 e. The number of nitriles is 1. The van der Waals surface area contributed by atoms with Crippen LogP contribution in [-0.2, 0) is 13.5 Å². The van der Waals surface area contributed by atoms with Crippen molar-refractivity contribution in [1.29, 1.82) is 5.26 Å². The number of rotatable bonds is 4. The zero-order valence-electron chi connectivity index (χ0n) is 10.9. The van der Waals surface area contributed by atoms with Crippen molar-refractivity contribution >= 4 is 17.3 Å². The number of aryl methyl sites for hydroxylation is 2. The average Bonchev–Trinajstić information content (AvgIpc) is 2.77. The largest absolute Gasteiger partial charge is 0.366 e. The van der Waals surface area contributed by atoms with Crippen molar-refractivity contribution < 1.29 is 0 Å². The molecule has 2 aromatic rings. The van der Waals surface area contributed by atoms with Crippen molar-refractivity contribution in [3.63, 3.8) is 0 Å².